The Hall–Kier alpha value is -2.96. The number of ether oxygens (including phenoxy) is 1. The van der Waals surface area contributed by atoms with Gasteiger partial charge >= 0.3 is 5.97 Å². The van der Waals surface area contributed by atoms with E-state index in [1.165, 1.54) is 0 Å². The zero-order valence-electron chi connectivity index (χ0n) is 17.2. The van der Waals surface area contributed by atoms with E-state index in [0.29, 0.717) is 35.5 Å². The summed E-state index contributed by atoms with van der Waals surface area (Å²) in [5, 5.41) is 0. The Bertz CT molecular complexity index is 900. The summed E-state index contributed by atoms with van der Waals surface area (Å²) in [4.78, 5) is 46.8. The molecule has 1 fully saturated rings. The Morgan fingerprint density at radius 3 is 2.62 bits per heavy atom. The number of nitrogens with zero attached hydrogens (tertiary/aromatic N) is 2. The van der Waals surface area contributed by atoms with Crippen molar-refractivity contribution in [3.8, 4) is 0 Å². The number of aromatic amines is 1. The summed E-state index contributed by atoms with van der Waals surface area (Å²) < 4.78 is 5.05. The molecule has 0 radical (unpaired) electrons. The number of Topliss-reactive ketones (excluding diaryl/α,β-unsaturated/α-hetero) is 1. The number of aryl methyl sites for hydroxylation is 1. The van der Waals surface area contributed by atoms with E-state index in [2.05, 4.69) is 9.97 Å². The van der Waals surface area contributed by atoms with E-state index in [4.69, 9.17) is 4.74 Å². The summed E-state index contributed by atoms with van der Waals surface area (Å²) in [6.07, 6.45) is 4.06. The van der Waals surface area contributed by atoms with E-state index >= 15 is 0 Å². The van der Waals surface area contributed by atoms with Crippen molar-refractivity contribution in [3.05, 3.63) is 52.6 Å². The molecule has 0 aliphatic heterocycles. The lowest BCUT2D eigenvalue weighted by Gasteiger charge is -2.22. The van der Waals surface area contributed by atoms with Gasteiger partial charge < -0.3 is 14.6 Å². The van der Waals surface area contributed by atoms with Gasteiger partial charge in [-0.05, 0) is 51.3 Å². The maximum Gasteiger partial charge on any atom is 0.355 e. The summed E-state index contributed by atoms with van der Waals surface area (Å²) in [6, 6.07) is 5.66. The molecule has 3 rings (SSSR count). The minimum absolute atomic E-state index is 0.00995. The van der Waals surface area contributed by atoms with Crippen LogP contribution in [-0.4, -0.2) is 52.2 Å². The molecule has 1 aliphatic rings. The van der Waals surface area contributed by atoms with E-state index in [-0.39, 0.29) is 30.8 Å². The average molecular weight is 397 g/mol. The van der Waals surface area contributed by atoms with Crippen LogP contribution in [0.4, 0.5) is 0 Å². The van der Waals surface area contributed by atoms with Gasteiger partial charge in [0.25, 0.3) is 0 Å². The van der Waals surface area contributed by atoms with Gasteiger partial charge in [0.05, 0.1) is 13.2 Å². The number of carbonyl (C=O) groups is 3. The van der Waals surface area contributed by atoms with Crippen LogP contribution in [0, 0.1) is 19.8 Å². The molecule has 2 aromatic rings. The van der Waals surface area contributed by atoms with Crippen LogP contribution >= 0.6 is 0 Å². The van der Waals surface area contributed by atoms with Gasteiger partial charge in [-0.15, -0.1) is 0 Å². The Morgan fingerprint density at radius 2 is 2.00 bits per heavy atom. The molecule has 0 spiro atoms. The van der Waals surface area contributed by atoms with Crippen molar-refractivity contribution in [3.63, 3.8) is 0 Å². The standard InChI is InChI=1S/C22H27N3O4/c1-4-29-22(28)20-14(2)19(15(3)24-20)18(26)13-25(21(27)16-8-9-16)12-10-17-7-5-6-11-23-17/h5-7,11,16,24H,4,8-10,12-13H2,1-3H3. The summed E-state index contributed by atoms with van der Waals surface area (Å²) in [5.74, 6) is -0.615. The van der Waals surface area contributed by atoms with Crippen molar-refractivity contribution in [1.82, 2.24) is 14.9 Å². The number of pyridine rings is 1. The SMILES string of the molecule is CCOC(=O)c1[nH]c(C)c(C(=O)CN(CCc2ccccn2)C(=O)C2CC2)c1C. The highest BCUT2D eigenvalue weighted by atomic mass is 16.5. The largest absolute Gasteiger partial charge is 0.461 e. The molecule has 1 saturated carbocycles. The topological polar surface area (TPSA) is 92.4 Å². The molecule has 29 heavy (non-hydrogen) atoms. The fraction of sp³-hybridized carbons (Fsp3) is 0.455. The maximum absolute atomic E-state index is 13.1. The van der Waals surface area contributed by atoms with Crippen molar-refractivity contribution >= 4 is 17.7 Å². The van der Waals surface area contributed by atoms with E-state index in [1.54, 1.807) is 31.9 Å². The molecule has 1 amide bonds. The molecule has 7 heteroatoms. The number of amides is 1. The molecule has 0 aromatic carbocycles. The number of esters is 1. The third-order valence-corrected chi connectivity index (χ3v) is 5.13. The van der Waals surface area contributed by atoms with Gasteiger partial charge in [-0.1, -0.05) is 6.07 Å². The molecule has 154 valence electrons. The fourth-order valence-corrected chi connectivity index (χ4v) is 3.48. The summed E-state index contributed by atoms with van der Waals surface area (Å²) in [7, 11) is 0. The number of hydrogen-bond donors (Lipinski definition) is 1. The van der Waals surface area contributed by atoms with E-state index in [9.17, 15) is 14.4 Å². The minimum atomic E-state index is -0.479. The van der Waals surface area contributed by atoms with Crippen LogP contribution in [0.3, 0.4) is 0 Å². The molecular weight excluding hydrogens is 370 g/mol. The molecule has 0 atom stereocenters. The monoisotopic (exact) mass is 397 g/mol. The second kappa shape index (κ2) is 9.03. The van der Waals surface area contributed by atoms with E-state index in [0.717, 1.165) is 18.5 Å². The normalized spacial score (nSPS) is 13.2. The van der Waals surface area contributed by atoms with Gasteiger partial charge in [0.2, 0.25) is 5.91 Å². The Morgan fingerprint density at radius 1 is 1.24 bits per heavy atom. The lowest BCUT2D eigenvalue weighted by Crippen LogP contribution is -2.38. The molecule has 1 N–H and O–H groups in total. The predicted molar refractivity (Wildman–Crippen MR) is 108 cm³/mol. The average Bonchev–Trinajstić information content (AvgIpc) is 3.50. The second-order valence-electron chi connectivity index (χ2n) is 7.37. The van der Waals surface area contributed by atoms with Gasteiger partial charge in [-0.3, -0.25) is 14.6 Å². The molecule has 2 heterocycles. The summed E-state index contributed by atoms with van der Waals surface area (Å²) in [5.41, 5.74) is 2.81. The number of carbonyl (C=O) groups excluding carboxylic acids is 3. The lowest BCUT2D eigenvalue weighted by molar-refractivity contribution is -0.132. The van der Waals surface area contributed by atoms with Crippen LogP contribution < -0.4 is 0 Å². The number of aromatic nitrogens is 2. The fourth-order valence-electron chi connectivity index (χ4n) is 3.48. The van der Waals surface area contributed by atoms with Crippen LogP contribution in [0.2, 0.25) is 0 Å². The summed E-state index contributed by atoms with van der Waals surface area (Å²) >= 11 is 0. The first-order valence-electron chi connectivity index (χ1n) is 10.0. The van der Waals surface area contributed by atoms with Gasteiger partial charge in [0.1, 0.15) is 5.69 Å². The van der Waals surface area contributed by atoms with Crippen molar-refractivity contribution in [2.24, 2.45) is 5.92 Å². The molecule has 7 nitrogen and oxygen atoms in total. The first-order chi connectivity index (χ1) is 13.9. The molecule has 0 saturated heterocycles. The third kappa shape index (κ3) is 4.91. The number of hydrogen-bond acceptors (Lipinski definition) is 5. The zero-order valence-corrected chi connectivity index (χ0v) is 17.2. The number of ketones is 1. The number of rotatable bonds is 9. The molecule has 2 aromatic heterocycles. The van der Waals surface area contributed by atoms with Crippen LogP contribution in [0.1, 0.15) is 57.6 Å². The lowest BCUT2D eigenvalue weighted by atomic mass is 10.0. The highest BCUT2D eigenvalue weighted by Gasteiger charge is 2.34. The summed E-state index contributed by atoms with van der Waals surface area (Å²) in [6.45, 7) is 5.90. The molecule has 0 unspecified atom stereocenters. The first-order valence-corrected chi connectivity index (χ1v) is 10.0. The van der Waals surface area contributed by atoms with Crippen molar-refractivity contribution in [1.29, 1.82) is 0 Å². The van der Waals surface area contributed by atoms with Crippen LogP contribution in [0.5, 0.6) is 0 Å². The number of nitrogens with one attached hydrogen (secondary N) is 1. The zero-order chi connectivity index (χ0) is 21.0. The second-order valence-corrected chi connectivity index (χ2v) is 7.37. The van der Waals surface area contributed by atoms with Gasteiger partial charge in [0, 0.05) is 42.0 Å². The predicted octanol–water partition coefficient (Wildman–Crippen LogP) is 2.87. The first kappa shape index (κ1) is 20.8. The maximum atomic E-state index is 13.1. The van der Waals surface area contributed by atoms with Gasteiger partial charge in [0.15, 0.2) is 5.78 Å². The smallest absolute Gasteiger partial charge is 0.355 e. The number of H-pyrrole nitrogens is 1. The highest BCUT2D eigenvalue weighted by Crippen LogP contribution is 2.31. The van der Waals surface area contributed by atoms with Crippen molar-refractivity contribution in [2.75, 3.05) is 19.7 Å². The van der Waals surface area contributed by atoms with Crippen molar-refractivity contribution in [2.45, 2.75) is 40.0 Å². The molecule has 1 aliphatic carbocycles. The molecule has 0 bridgehead atoms. The van der Waals surface area contributed by atoms with Gasteiger partial charge in [-0.2, -0.15) is 0 Å². The van der Waals surface area contributed by atoms with E-state index in [1.807, 2.05) is 18.2 Å². The third-order valence-electron chi connectivity index (χ3n) is 5.13. The van der Waals surface area contributed by atoms with Crippen LogP contribution in [0.25, 0.3) is 0 Å². The van der Waals surface area contributed by atoms with E-state index < -0.39 is 5.97 Å². The Labute approximate surface area is 170 Å². The minimum Gasteiger partial charge on any atom is -0.461 e. The van der Waals surface area contributed by atoms with Gasteiger partial charge in [-0.25, -0.2) is 4.79 Å². The Kier molecular flexibility index (Phi) is 6.46. The Balaban J connectivity index is 1.76. The quantitative estimate of drug-likeness (QED) is 0.519. The van der Waals surface area contributed by atoms with Crippen molar-refractivity contribution < 1.29 is 19.1 Å². The molecular formula is C22H27N3O4. The van der Waals surface area contributed by atoms with Crippen LogP contribution in [-0.2, 0) is 16.0 Å². The van der Waals surface area contributed by atoms with Crippen LogP contribution in [0.15, 0.2) is 24.4 Å². The highest BCUT2D eigenvalue weighted by molar-refractivity contribution is 6.04.